The van der Waals surface area contributed by atoms with E-state index in [4.69, 9.17) is 43.6 Å². The van der Waals surface area contributed by atoms with Crippen LogP contribution in [0.1, 0.15) is 230 Å². The Kier molecular flexibility index (Phi) is 27.0. The van der Waals surface area contributed by atoms with Gasteiger partial charge in [-0.1, -0.05) is 231 Å². The molecule has 8 aromatic heterocycles. The number of nitrogens with zero attached hydrogens (tertiary/aromatic N) is 6. The molecular formula is C86H104Cl2F2N6S6. The zero-order valence-corrected chi connectivity index (χ0v) is 68.2. The fourth-order valence-corrected chi connectivity index (χ4v) is 23.0. The van der Waals surface area contributed by atoms with Crippen LogP contribution >= 0.6 is 91.2 Å². The molecule has 0 aliphatic rings. The van der Waals surface area contributed by atoms with E-state index in [1.54, 1.807) is 12.1 Å². The molecule has 102 heavy (non-hydrogen) atoms. The topological polar surface area (TPSA) is 61.4 Å². The van der Waals surface area contributed by atoms with Crippen LogP contribution in [0.4, 0.5) is 8.78 Å². The highest BCUT2D eigenvalue weighted by atomic mass is 35.5. The van der Waals surface area contributed by atoms with Gasteiger partial charge in [0.25, 0.3) is 0 Å². The molecule has 0 fully saturated rings. The lowest BCUT2D eigenvalue weighted by molar-refractivity contribution is 0.330. The molecule has 4 unspecified atom stereocenters. The Morgan fingerprint density at radius 2 is 0.735 bits per heavy atom. The first-order valence-electron chi connectivity index (χ1n) is 38.7. The molecule has 0 aliphatic carbocycles. The molecule has 12 rings (SSSR count). The van der Waals surface area contributed by atoms with E-state index < -0.39 is 11.6 Å². The van der Waals surface area contributed by atoms with E-state index >= 15 is 8.78 Å². The van der Waals surface area contributed by atoms with E-state index in [0.29, 0.717) is 33.4 Å². The number of thiophene rings is 6. The van der Waals surface area contributed by atoms with Crippen molar-refractivity contribution in [3.8, 4) is 73.1 Å². The Morgan fingerprint density at radius 1 is 0.363 bits per heavy atom. The number of unbranched alkanes of at least 4 members (excludes halogenated alkanes) is 10. The fraction of sp³-hybridized carbons (Fsp3) is 0.488. The van der Waals surface area contributed by atoms with Gasteiger partial charge in [0.05, 0.1) is 23.1 Å². The third kappa shape index (κ3) is 17.3. The predicted molar refractivity (Wildman–Crippen MR) is 446 cm³/mol. The van der Waals surface area contributed by atoms with Crippen LogP contribution < -0.4 is 0 Å². The van der Waals surface area contributed by atoms with Crippen molar-refractivity contribution in [3.05, 3.63) is 127 Å². The maximum Gasteiger partial charge on any atom is 0.168 e. The maximum absolute atomic E-state index is 17.1. The van der Waals surface area contributed by atoms with Crippen LogP contribution in [0, 0.1) is 49.2 Å². The molecule has 0 saturated carbocycles. The minimum absolute atomic E-state index is 0.232. The van der Waals surface area contributed by atoms with Crippen LogP contribution in [-0.2, 0) is 25.9 Å². The summed E-state index contributed by atoms with van der Waals surface area (Å²) in [5, 5.41) is 25.5. The van der Waals surface area contributed by atoms with Crippen molar-refractivity contribution >= 4 is 133 Å². The normalized spacial score (nSPS) is 13.4. The van der Waals surface area contributed by atoms with E-state index in [2.05, 4.69) is 118 Å². The summed E-state index contributed by atoms with van der Waals surface area (Å²) in [5.74, 6) is 0.413. The molecule has 6 nitrogen and oxygen atoms in total. The van der Waals surface area contributed by atoms with E-state index in [0.717, 1.165) is 133 Å². The summed E-state index contributed by atoms with van der Waals surface area (Å²) in [6.45, 7) is 24.2. The summed E-state index contributed by atoms with van der Waals surface area (Å²) >= 11 is 25.2. The molecule has 4 atom stereocenters. The second-order valence-corrected chi connectivity index (χ2v) is 36.6. The van der Waals surface area contributed by atoms with E-state index in [-0.39, 0.29) is 11.1 Å². The number of rotatable bonds is 39. The minimum Gasteiger partial charge on any atom is -0.203 e. The van der Waals surface area contributed by atoms with Crippen molar-refractivity contribution in [1.29, 1.82) is 0 Å². The minimum atomic E-state index is -0.859. The molecule has 4 aromatic carbocycles. The monoisotopic (exact) mass is 1520 g/mol. The molecule has 8 heterocycles. The highest BCUT2D eigenvalue weighted by molar-refractivity contribution is 7.25. The van der Waals surface area contributed by atoms with Crippen LogP contribution in [0.25, 0.3) is 115 Å². The standard InChI is InChI=1S/C86H104Cl2F2N6S6/c1-11-19-25-27-33-57(31-23-15-5)51-95-91-81-53(9)35-36-61(82(81)92-95)70-43-41-68(98-70)59-37-38-60(80(90)79(59)89)69-42-44-71(99-69)62-39-40-63(84-83(62)93-96(94-84)52-58(32-24-16-6)34-28-26-20-12-2)72-48-65-78(76-50-67(88)74(101-76)47-56(18-8)30-22-14-4)85-64(45-54(10)97-85)77(86(65)102-72)75-49-66(87)73(100-75)46-55(17-7)29-21-13-3/h35-45,48-50,55-58H,11-34,46-47,51-52H2,1-10H3. The van der Waals surface area contributed by atoms with Gasteiger partial charge in [0.1, 0.15) is 22.1 Å². The van der Waals surface area contributed by atoms with Crippen molar-refractivity contribution in [2.24, 2.45) is 23.7 Å². The molecular weight excluding hydrogens is 1420 g/mol. The van der Waals surface area contributed by atoms with Crippen molar-refractivity contribution in [2.75, 3.05) is 0 Å². The highest BCUT2D eigenvalue weighted by Crippen LogP contribution is 2.56. The van der Waals surface area contributed by atoms with Crippen LogP contribution in [0.2, 0.25) is 10.0 Å². The van der Waals surface area contributed by atoms with Crippen LogP contribution in [0.5, 0.6) is 0 Å². The number of aromatic nitrogens is 6. The Labute approximate surface area is 639 Å². The Morgan fingerprint density at radius 3 is 1.19 bits per heavy atom. The summed E-state index contributed by atoms with van der Waals surface area (Å²) in [6, 6.07) is 29.4. The van der Waals surface area contributed by atoms with Gasteiger partial charge >= 0.3 is 0 Å². The molecule has 0 aliphatic heterocycles. The lowest BCUT2D eigenvalue weighted by atomic mass is 9.95. The molecule has 16 heteroatoms. The van der Waals surface area contributed by atoms with Crippen LogP contribution in [0.3, 0.4) is 0 Å². The van der Waals surface area contributed by atoms with Gasteiger partial charge in [-0.2, -0.15) is 30.0 Å². The molecule has 542 valence electrons. The zero-order valence-electron chi connectivity index (χ0n) is 61.8. The van der Waals surface area contributed by atoms with Gasteiger partial charge < -0.3 is 0 Å². The molecule has 0 N–H and O–H groups in total. The van der Waals surface area contributed by atoms with Crippen LogP contribution in [-0.4, -0.2) is 30.0 Å². The summed E-state index contributed by atoms with van der Waals surface area (Å²) in [5.41, 5.74) is 10.3. The third-order valence-electron chi connectivity index (χ3n) is 21.3. The largest absolute Gasteiger partial charge is 0.203 e. The van der Waals surface area contributed by atoms with Crippen molar-refractivity contribution in [2.45, 2.75) is 249 Å². The van der Waals surface area contributed by atoms with Gasteiger partial charge in [0.15, 0.2) is 11.6 Å². The number of halogens is 4. The average Bonchev–Trinajstić information content (AvgIpc) is 1.55. The number of benzene rings is 4. The predicted octanol–water partition coefficient (Wildman–Crippen LogP) is 30.8. The Bertz CT molecular complexity index is 4650. The van der Waals surface area contributed by atoms with Gasteiger partial charge in [-0.3, -0.25) is 0 Å². The molecule has 0 radical (unpaired) electrons. The Balaban J connectivity index is 0.932. The van der Waals surface area contributed by atoms with Crippen molar-refractivity contribution < 1.29 is 8.78 Å². The highest BCUT2D eigenvalue weighted by Gasteiger charge is 2.29. The molecule has 0 amide bonds. The fourth-order valence-electron chi connectivity index (χ4n) is 15.2. The smallest absolute Gasteiger partial charge is 0.168 e. The first kappa shape index (κ1) is 76.5. The van der Waals surface area contributed by atoms with Gasteiger partial charge in [0, 0.05) is 108 Å². The first-order valence-corrected chi connectivity index (χ1v) is 44.3. The van der Waals surface area contributed by atoms with Crippen molar-refractivity contribution in [1.82, 2.24) is 30.0 Å². The average molecular weight is 1520 g/mol. The Hall–Kier alpha value is -5.16. The lowest BCUT2D eigenvalue weighted by Gasteiger charge is -2.15. The molecule has 0 saturated heterocycles. The first-order chi connectivity index (χ1) is 49.7. The summed E-state index contributed by atoms with van der Waals surface area (Å²) in [6.07, 6.45) is 30.6. The van der Waals surface area contributed by atoms with Gasteiger partial charge in [-0.15, -0.1) is 68.0 Å². The quantitative estimate of drug-likeness (QED) is 0.0360. The summed E-state index contributed by atoms with van der Waals surface area (Å²) in [4.78, 5) is 14.4. The molecule has 0 bridgehead atoms. The number of hydrogen-bond acceptors (Lipinski definition) is 10. The zero-order chi connectivity index (χ0) is 71.6. The summed E-state index contributed by atoms with van der Waals surface area (Å²) < 4.78 is 36.5. The second kappa shape index (κ2) is 36.0. The molecule has 12 aromatic rings. The summed E-state index contributed by atoms with van der Waals surface area (Å²) in [7, 11) is 0. The van der Waals surface area contributed by atoms with E-state index in [1.807, 2.05) is 79.2 Å². The number of hydrogen-bond donors (Lipinski definition) is 0. The lowest BCUT2D eigenvalue weighted by Crippen LogP contribution is -2.13. The van der Waals surface area contributed by atoms with Crippen molar-refractivity contribution in [3.63, 3.8) is 0 Å². The van der Waals surface area contributed by atoms with Crippen LogP contribution in [0.15, 0.2) is 84.9 Å². The SMILES string of the molecule is CCCCCCC(CCCC)Cn1nc2c(C)ccc(-c3ccc(-c4ccc(-c5ccc(-c6ccc(-c7cc8c(-c9cc(Cl)c(CC(CC)CCCC)s9)c9sc(C)cc9c(-c9cc(Cl)c(CC(CC)CCCC)s9)c8s7)c7nn(CC(CCCC)CCCCCC)nc67)s5)c(F)c4F)s3)c2n1. The number of aryl methyl sites for hydroxylation is 2. The second-order valence-electron chi connectivity index (χ2n) is 29.0. The van der Waals surface area contributed by atoms with E-state index in [1.165, 1.54) is 194 Å². The molecule has 0 spiro atoms. The maximum atomic E-state index is 17.1. The third-order valence-corrected chi connectivity index (χ3v) is 29.1. The number of fused-ring (bicyclic) bond motifs is 4. The van der Waals surface area contributed by atoms with Gasteiger partial charge in [-0.05, 0) is 142 Å². The van der Waals surface area contributed by atoms with Gasteiger partial charge in [0.2, 0.25) is 0 Å². The van der Waals surface area contributed by atoms with Gasteiger partial charge in [-0.25, -0.2) is 8.78 Å². The van der Waals surface area contributed by atoms with E-state index in [9.17, 15) is 0 Å².